The normalized spacial score (nSPS) is 10.4. The molecule has 3 aromatic carbocycles. The number of carboxylic acids is 1. The van der Waals surface area contributed by atoms with Gasteiger partial charge in [0, 0.05) is 20.6 Å². The fourth-order valence-electron chi connectivity index (χ4n) is 2.43. The minimum absolute atomic E-state index is 0.0450. The fraction of sp³-hybridized carbons (Fsp3) is 0.0476. The first kappa shape index (κ1) is 20.0. The maximum absolute atomic E-state index is 12.6. The number of nitrogens with one attached hydrogen (secondary N) is 2. The van der Waals surface area contributed by atoms with Crippen molar-refractivity contribution in [1.82, 2.24) is 0 Å². The largest absolute Gasteiger partial charge is 0.478 e. The third kappa shape index (κ3) is 4.94. The van der Waals surface area contributed by atoms with Crippen LogP contribution < -0.4 is 10.0 Å². The van der Waals surface area contributed by atoms with Crippen molar-refractivity contribution >= 4 is 51.1 Å². The van der Waals surface area contributed by atoms with Gasteiger partial charge in [0.2, 0.25) is 0 Å². The standard InChI is InChI=1S/C21H17BrN2O3S/c1-13-6-9-15(10-7-13)24-28-19-12-14(8-11-17(19)22)20(25)23-18-5-3-2-4-16(18)21(26)27/h2-12,24H,1H3,(H,23,25)(H,26,27). The quantitative estimate of drug-likeness (QED) is 0.406. The zero-order valence-corrected chi connectivity index (χ0v) is 17.3. The molecule has 0 saturated heterocycles. The van der Waals surface area contributed by atoms with E-state index in [1.54, 1.807) is 36.4 Å². The summed E-state index contributed by atoms with van der Waals surface area (Å²) in [4.78, 5) is 24.8. The summed E-state index contributed by atoms with van der Waals surface area (Å²) in [6, 6.07) is 19.5. The maximum atomic E-state index is 12.6. The number of amides is 1. The van der Waals surface area contributed by atoms with Gasteiger partial charge >= 0.3 is 5.97 Å². The molecule has 3 N–H and O–H groups in total. The first-order valence-electron chi connectivity index (χ1n) is 8.37. The number of rotatable bonds is 6. The molecule has 0 aliphatic rings. The number of carboxylic acid groups (broad SMARTS) is 1. The van der Waals surface area contributed by atoms with Crippen molar-refractivity contribution in [3.8, 4) is 0 Å². The van der Waals surface area contributed by atoms with E-state index in [4.69, 9.17) is 0 Å². The highest BCUT2D eigenvalue weighted by Crippen LogP contribution is 2.30. The second-order valence-corrected chi connectivity index (χ2v) is 7.72. The predicted octanol–water partition coefficient (Wildman–Crippen LogP) is 5.83. The number of para-hydroxylation sites is 1. The minimum Gasteiger partial charge on any atom is -0.478 e. The zero-order valence-electron chi connectivity index (χ0n) is 14.9. The monoisotopic (exact) mass is 456 g/mol. The minimum atomic E-state index is -1.09. The van der Waals surface area contributed by atoms with Crippen molar-refractivity contribution < 1.29 is 14.7 Å². The van der Waals surface area contributed by atoms with Gasteiger partial charge in [-0.15, -0.1) is 0 Å². The van der Waals surface area contributed by atoms with Gasteiger partial charge in [-0.1, -0.05) is 29.8 Å². The smallest absolute Gasteiger partial charge is 0.337 e. The molecule has 0 fully saturated rings. The van der Waals surface area contributed by atoms with Crippen LogP contribution >= 0.6 is 27.9 Å². The summed E-state index contributed by atoms with van der Waals surface area (Å²) in [6.07, 6.45) is 0. The Morgan fingerprint density at radius 1 is 1.00 bits per heavy atom. The Bertz CT molecular complexity index is 1020. The van der Waals surface area contributed by atoms with Crippen molar-refractivity contribution in [2.75, 3.05) is 10.0 Å². The average Bonchev–Trinajstić information content (AvgIpc) is 2.68. The van der Waals surface area contributed by atoms with Crippen LogP contribution in [0.5, 0.6) is 0 Å². The van der Waals surface area contributed by atoms with E-state index in [-0.39, 0.29) is 17.2 Å². The summed E-state index contributed by atoms with van der Waals surface area (Å²) in [7, 11) is 0. The number of halogens is 1. The Labute approximate surface area is 175 Å². The maximum Gasteiger partial charge on any atom is 0.337 e. The first-order chi connectivity index (χ1) is 13.4. The van der Waals surface area contributed by atoms with Crippen LogP contribution in [0.4, 0.5) is 11.4 Å². The third-order valence-corrected chi connectivity index (χ3v) is 5.78. The van der Waals surface area contributed by atoms with Crippen LogP contribution in [0.1, 0.15) is 26.3 Å². The molecule has 3 rings (SSSR count). The lowest BCUT2D eigenvalue weighted by atomic mass is 10.1. The summed E-state index contributed by atoms with van der Waals surface area (Å²) in [5.74, 6) is -1.47. The lowest BCUT2D eigenvalue weighted by Crippen LogP contribution is -2.14. The van der Waals surface area contributed by atoms with Crippen LogP contribution in [-0.4, -0.2) is 17.0 Å². The molecule has 0 heterocycles. The molecule has 0 aliphatic carbocycles. The lowest BCUT2D eigenvalue weighted by molar-refractivity contribution is 0.0698. The van der Waals surface area contributed by atoms with Gasteiger partial charge in [-0.05, 0) is 77.3 Å². The molecule has 0 atom stereocenters. The van der Waals surface area contributed by atoms with Gasteiger partial charge in [0.25, 0.3) is 5.91 Å². The zero-order chi connectivity index (χ0) is 20.1. The molecule has 0 saturated carbocycles. The van der Waals surface area contributed by atoms with Gasteiger partial charge in [0.1, 0.15) is 0 Å². The van der Waals surface area contributed by atoms with Crippen LogP contribution in [0.15, 0.2) is 76.1 Å². The summed E-state index contributed by atoms with van der Waals surface area (Å²) >= 11 is 4.87. The van der Waals surface area contributed by atoms with Crippen molar-refractivity contribution in [2.24, 2.45) is 0 Å². The van der Waals surface area contributed by atoms with E-state index in [0.29, 0.717) is 5.56 Å². The molecule has 28 heavy (non-hydrogen) atoms. The van der Waals surface area contributed by atoms with Gasteiger partial charge in [-0.2, -0.15) is 0 Å². The topological polar surface area (TPSA) is 78.4 Å². The molecule has 0 bridgehead atoms. The molecule has 3 aromatic rings. The average molecular weight is 457 g/mol. The summed E-state index contributed by atoms with van der Waals surface area (Å²) in [5, 5.41) is 11.9. The van der Waals surface area contributed by atoms with Crippen LogP contribution in [0.3, 0.4) is 0 Å². The van der Waals surface area contributed by atoms with Crippen molar-refractivity contribution in [2.45, 2.75) is 11.8 Å². The number of carbonyl (C=O) groups is 2. The highest BCUT2D eigenvalue weighted by molar-refractivity contribution is 9.10. The number of benzene rings is 3. The molecular formula is C21H17BrN2O3S. The van der Waals surface area contributed by atoms with E-state index < -0.39 is 5.97 Å². The second kappa shape index (κ2) is 8.95. The van der Waals surface area contributed by atoms with Gasteiger partial charge in [-0.25, -0.2) is 4.79 Å². The predicted molar refractivity (Wildman–Crippen MR) is 116 cm³/mol. The Balaban J connectivity index is 1.76. The van der Waals surface area contributed by atoms with Gasteiger partial charge in [-0.3, -0.25) is 4.79 Å². The molecule has 142 valence electrons. The summed E-state index contributed by atoms with van der Waals surface area (Å²) in [5.41, 5.74) is 2.86. The van der Waals surface area contributed by atoms with E-state index in [1.807, 2.05) is 31.2 Å². The Morgan fingerprint density at radius 3 is 2.43 bits per heavy atom. The lowest BCUT2D eigenvalue weighted by Gasteiger charge is -2.11. The van der Waals surface area contributed by atoms with E-state index >= 15 is 0 Å². The molecule has 0 unspecified atom stereocenters. The second-order valence-electron chi connectivity index (χ2n) is 6.02. The van der Waals surface area contributed by atoms with E-state index in [2.05, 4.69) is 26.0 Å². The number of hydrogen-bond donors (Lipinski definition) is 3. The molecule has 5 nitrogen and oxygen atoms in total. The Hall–Kier alpha value is -2.77. The molecular weight excluding hydrogens is 440 g/mol. The molecule has 0 radical (unpaired) electrons. The van der Waals surface area contributed by atoms with Gasteiger partial charge in [0.15, 0.2) is 0 Å². The number of carbonyl (C=O) groups excluding carboxylic acids is 1. The van der Waals surface area contributed by atoms with E-state index in [1.165, 1.54) is 23.6 Å². The number of aromatic carboxylic acids is 1. The van der Waals surface area contributed by atoms with Crippen molar-refractivity contribution in [3.63, 3.8) is 0 Å². The van der Waals surface area contributed by atoms with Gasteiger partial charge in [0.05, 0.1) is 11.3 Å². The molecule has 0 spiro atoms. The van der Waals surface area contributed by atoms with Crippen LogP contribution in [0.2, 0.25) is 0 Å². The number of hydrogen-bond acceptors (Lipinski definition) is 4. The molecule has 0 aliphatic heterocycles. The SMILES string of the molecule is Cc1ccc(NSc2cc(C(=O)Nc3ccccc3C(=O)O)ccc2Br)cc1. The summed E-state index contributed by atoms with van der Waals surface area (Å²) in [6.45, 7) is 2.03. The van der Waals surface area contributed by atoms with Crippen LogP contribution in [-0.2, 0) is 0 Å². The molecule has 1 amide bonds. The van der Waals surface area contributed by atoms with E-state index in [9.17, 15) is 14.7 Å². The van der Waals surface area contributed by atoms with Crippen molar-refractivity contribution in [3.05, 3.63) is 87.9 Å². The third-order valence-electron chi connectivity index (χ3n) is 3.93. The first-order valence-corrected chi connectivity index (χ1v) is 9.98. The highest BCUT2D eigenvalue weighted by atomic mass is 79.9. The molecule has 0 aromatic heterocycles. The Morgan fingerprint density at radius 2 is 1.71 bits per heavy atom. The van der Waals surface area contributed by atoms with Crippen LogP contribution in [0, 0.1) is 6.92 Å². The molecule has 7 heteroatoms. The van der Waals surface area contributed by atoms with Crippen LogP contribution in [0.25, 0.3) is 0 Å². The van der Waals surface area contributed by atoms with Crippen molar-refractivity contribution in [1.29, 1.82) is 0 Å². The number of anilines is 2. The Kier molecular flexibility index (Phi) is 6.38. The summed E-state index contributed by atoms with van der Waals surface area (Å²) < 4.78 is 4.09. The van der Waals surface area contributed by atoms with Gasteiger partial charge < -0.3 is 15.1 Å². The fourth-order valence-corrected chi connectivity index (χ4v) is 3.64. The van der Waals surface area contributed by atoms with E-state index in [0.717, 1.165) is 15.1 Å². The highest BCUT2D eigenvalue weighted by Gasteiger charge is 2.14. The number of aryl methyl sites for hydroxylation is 1.